The molecule has 0 bridgehead atoms. The number of aromatic nitrogens is 1. The second kappa shape index (κ2) is 6.20. The quantitative estimate of drug-likeness (QED) is 0.895. The van der Waals surface area contributed by atoms with Crippen LogP contribution in [0.25, 0.3) is 0 Å². The van der Waals surface area contributed by atoms with Crippen molar-refractivity contribution in [3.63, 3.8) is 0 Å². The molecule has 4 nitrogen and oxygen atoms in total. The summed E-state index contributed by atoms with van der Waals surface area (Å²) in [6.45, 7) is 2.34. The summed E-state index contributed by atoms with van der Waals surface area (Å²) in [6.07, 6.45) is 1.69. The number of nitrogens with two attached hydrogens (primary N) is 1. The van der Waals surface area contributed by atoms with Crippen molar-refractivity contribution in [2.75, 3.05) is 7.11 Å². The number of para-hydroxylation sites is 1. The van der Waals surface area contributed by atoms with Crippen LogP contribution in [0.5, 0.6) is 11.6 Å². The Morgan fingerprint density at radius 2 is 2.00 bits per heavy atom. The average molecular weight is 258 g/mol. The van der Waals surface area contributed by atoms with Crippen molar-refractivity contribution in [3.05, 3.63) is 53.7 Å². The van der Waals surface area contributed by atoms with Gasteiger partial charge in [0.25, 0.3) is 0 Å². The summed E-state index contributed by atoms with van der Waals surface area (Å²) in [5, 5.41) is 0. The van der Waals surface area contributed by atoms with Crippen molar-refractivity contribution in [1.29, 1.82) is 0 Å². The molecule has 100 valence electrons. The molecule has 0 fully saturated rings. The molecule has 0 radical (unpaired) electrons. The van der Waals surface area contributed by atoms with Crippen molar-refractivity contribution in [2.24, 2.45) is 5.73 Å². The third-order valence-electron chi connectivity index (χ3n) is 2.84. The standard InChI is InChI=1S/C15H18N2O2/c1-11(16)13-7-3-4-8-14(13)19-10-12-6-5-9-17-15(12)18-2/h3-9,11H,10,16H2,1-2H3/t11-/m0/s1. The molecule has 0 spiro atoms. The summed E-state index contributed by atoms with van der Waals surface area (Å²) in [4.78, 5) is 4.14. The Morgan fingerprint density at radius 3 is 2.74 bits per heavy atom. The van der Waals surface area contributed by atoms with Gasteiger partial charge in [-0.3, -0.25) is 0 Å². The highest BCUT2D eigenvalue weighted by molar-refractivity contribution is 5.36. The summed E-state index contributed by atoms with van der Waals surface area (Å²) in [6, 6.07) is 11.5. The molecule has 0 aliphatic heterocycles. The van der Waals surface area contributed by atoms with E-state index in [9.17, 15) is 0 Å². The van der Waals surface area contributed by atoms with Crippen molar-refractivity contribution in [3.8, 4) is 11.6 Å². The third kappa shape index (κ3) is 3.23. The van der Waals surface area contributed by atoms with E-state index in [-0.39, 0.29) is 6.04 Å². The van der Waals surface area contributed by atoms with E-state index in [0.717, 1.165) is 16.9 Å². The molecule has 2 rings (SSSR count). The zero-order chi connectivity index (χ0) is 13.7. The number of methoxy groups -OCH3 is 1. The van der Waals surface area contributed by atoms with Crippen LogP contribution < -0.4 is 15.2 Å². The molecule has 1 atom stereocenters. The fourth-order valence-corrected chi connectivity index (χ4v) is 1.86. The van der Waals surface area contributed by atoms with Crippen LogP contribution >= 0.6 is 0 Å². The normalized spacial score (nSPS) is 11.9. The number of rotatable bonds is 5. The summed E-state index contributed by atoms with van der Waals surface area (Å²) in [5.74, 6) is 1.38. The topological polar surface area (TPSA) is 57.4 Å². The first-order chi connectivity index (χ1) is 9.22. The molecule has 0 aliphatic rings. The van der Waals surface area contributed by atoms with E-state index in [1.807, 2.05) is 43.3 Å². The molecular formula is C15H18N2O2. The molecule has 0 unspecified atom stereocenters. The smallest absolute Gasteiger partial charge is 0.219 e. The summed E-state index contributed by atoms with van der Waals surface area (Å²) in [5.41, 5.74) is 7.82. The highest BCUT2D eigenvalue weighted by Crippen LogP contribution is 2.25. The largest absolute Gasteiger partial charge is 0.488 e. The molecule has 0 saturated heterocycles. The minimum atomic E-state index is -0.0630. The lowest BCUT2D eigenvalue weighted by Gasteiger charge is -2.14. The first kappa shape index (κ1) is 13.4. The Kier molecular flexibility index (Phi) is 4.36. The minimum absolute atomic E-state index is 0.0630. The van der Waals surface area contributed by atoms with Crippen LogP contribution in [0, 0.1) is 0 Å². The van der Waals surface area contributed by atoms with Gasteiger partial charge in [-0.15, -0.1) is 0 Å². The van der Waals surface area contributed by atoms with Gasteiger partial charge in [-0.2, -0.15) is 0 Å². The van der Waals surface area contributed by atoms with Crippen LogP contribution in [0.4, 0.5) is 0 Å². The molecule has 0 amide bonds. The molecule has 1 heterocycles. The minimum Gasteiger partial charge on any atom is -0.488 e. The SMILES string of the molecule is COc1ncccc1COc1ccccc1[C@H](C)N. The second-order valence-corrected chi connectivity index (χ2v) is 4.29. The van der Waals surface area contributed by atoms with E-state index in [4.69, 9.17) is 15.2 Å². The second-order valence-electron chi connectivity index (χ2n) is 4.29. The van der Waals surface area contributed by atoms with Crippen molar-refractivity contribution < 1.29 is 9.47 Å². The Balaban J connectivity index is 2.15. The van der Waals surface area contributed by atoms with E-state index in [1.54, 1.807) is 13.3 Å². The maximum absolute atomic E-state index is 5.92. The zero-order valence-corrected chi connectivity index (χ0v) is 11.2. The molecule has 19 heavy (non-hydrogen) atoms. The van der Waals surface area contributed by atoms with Gasteiger partial charge in [0.05, 0.1) is 12.7 Å². The van der Waals surface area contributed by atoms with E-state index in [0.29, 0.717) is 12.5 Å². The van der Waals surface area contributed by atoms with Crippen LogP contribution in [-0.2, 0) is 6.61 Å². The van der Waals surface area contributed by atoms with Crippen LogP contribution in [0.15, 0.2) is 42.6 Å². The van der Waals surface area contributed by atoms with Gasteiger partial charge in [0, 0.05) is 17.8 Å². The lowest BCUT2D eigenvalue weighted by atomic mass is 10.1. The van der Waals surface area contributed by atoms with Gasteiger partial charge in [-0.1, -0.05) is 18.2 Å². The van der Waals surface area contributed by atoms with Gasteiger partial charge in [0.2, 0.25) is 5.88 Å². The van der Waals surface area contributed by atoms with Crippen LogP contribution in [-0.4, -0.2) is 12.1 Å². The Bertz CT molecular complexity index is 541. The van der Waals surface area contributed by atoms with E-state index >= 15 is 0 Å². The van der Waals surface area contributed by atoms with Crippen molar-refractivity contribution in [2.45, 2.75) is 19.6 Å². The van der Waals surface area contributed by atoms with Gasteiger partial charge in [0.1, 0.15) is 12.4 Å². The zero-order valence-electron chi connectivity index (χ0n) is 11.2. The lowest BCUT2D eigenvalue weighted by Crippen LogP contribution is -2.08. The maximum atomic E-state index is 5.92. The highest BCUT2D eigenvalue weighted by atomic mass is 16.5. The Labute approximate surface area is 113 Å². The summed E-state index contributed by atoms with van der Waals surface area (Å²) in [7, 11) is 1.60. The monoisotopic (exact) mass is 258 g/mol. The Morgan fingerprint density at radius 1 is 1.21 bits per heavy atom. The van der Waals surface area contributed by atoms with Crippen LogP contribution in [0.3, 0.4) is 0 Å². The molecule has 1 aromatic carbocycles. The average Bonchev–Trinajstić information content (AvgIpc) is 2.45. The molecule has 0 aliphatic carbocycles. The molecule has 2 aromatic rings. The number of nitrogens with zero attached hydrogens (tertiary/aromatic N) is 1. The number of hydrogen-bond donors (Lipinski definition) is 1. The molecular weight excluding hydrogens is 240 g/mol. The molecule has 2 N–H and O–H groups in total. The van der Waals surface area contributed by atoms with Gasteiger partial charge in [-0.05, 0) is 25.1 Å². The number of hydrogen-bond acceptors (Lipinski definition) is 4. The van der Waals surface area contributed by atoms with Crippen molar-refractivity contribution >= 4 is 0 Å². The first-order valence-electron chi connectivity index (χ1n) is 6.17. The van der Waals surface area contributed by atoms with Gasteiger partial charge < -0.3 is 15.2 Å². The van der Waals surface area contributed by atoms with Crippen LogP contribution in [0.2, 0.25) is 0 Å². The highest BCUT2D eigenvalue weighted by Gasteiger charge is 2.09. The molecule has 1 aromatic heterocycles. The summed E-state index contributed by atoms with van der Waals surface area (Å²) < 4.78 is 11.0. The fraction of sp³-hybridized carbons (Fsp3) is 0.267. The Hall–Kier alpha value is -2.07. The number of benzene rings is 1. The first-order valence-corrected chi connectivity index (χ1v) is 6.17. The van der Waals surface area contributed by atoms with Gasteiger partial charge in [0.15, 0.2) is 0 Å². The van der Waals surface area contributed by atoms with Crippen LogP contribution in [0.1, 0.15) is 24.1 Å². The third-order valence-corrected chi connectivity index (χ3v) is 2.84. The van der Waals surface area contributed by atoms with E-state index in [1.165, 1.54) is 0 Å². The summed E-state index contributed by atoms with van der Waals surface area (Å²) >= 11 is 0. The molecule has 4 heteroatoms. The fourth-order valence-electron chi connectivity index (χ4n) is 1.86. The van der Waals surface area contributed by atoms with Gasteiger partial charge >= 0.3 is 0 Å². The predicted molar refractivity (Wildman–Crippen MR) is 74.2 cm³/mol. The lowest BCUT2D eigenvalue weighted by molar-refractivity contribution is 0.290. The van der Waals surface area contributed by atoms with Gasteiger partial charge in [-0.25, -0.2) is 4.98 Å². The maximum Gasteiger partial charge on any atom is 0.219 e. The number of ether oxygens (including phenoxy) is 2. The molecule has 0 saturated carbocycles. The van der Waals surface area contributed by atoms with E-state index in [2.05, 4.69) is 4.98 Å². The van der Waals surface area contributed by atoms with Crippen molar-refractivity contribution in [1.82, 2.24) is 4.98 Å². The predicted octanol–water partition coefficient (Wildman–Crippen LogP) is 2.69. The van der Waals surface area contributed by atoms with E-state index < -0.39 is 0 Å². The number of pyridine rings is 1.